The first-order chi connectivity index (χ1) is 19.0. The summed E-state index contributed by atoms with van der Waals surface area (Å²) in [5.41, 5.74) is 5.61. The van der Waals surface area contributed by atoms with Crippen LogP contribution in [0.2, 0.25) is 0 Å². The van der Waals surface area contributed by atoms with E-state index in [1.807, 2.05) is 9.88 Å². The van der Waals surface area contributed by atoms with Crippen LogP contribution in [-0.2, 0) is 12.1 Å². The van der Waals surface area contributed by atoms with E-state index in [-0.39, 0.29) is 40.9 Å². The Bertz CT molecular complexity index is 1360. The first-order valence-electron chi connectivity index (χ1n) is 13.8. The Morgan fingerprint density at radius 2 is 2.00 bits per heavy atom. The van der Waals surface area contributed by atoms with Crippen molar-refractivity contribution in [3.63, 3.8) is 0 Å². The molecule has 0 saturated heterocycles. The molecule has 40 heavy (non-hydrogen) atoms. The molecule has 7 N–H and O–H groups in total. The molecule has 1 amide bonds. The molecule has 2 aliphatic carbocycles. The number of aliphatic hydroxyl groups is 1. The number of aliphatic imine (C=N–C) groups is 1. The van der Waals surface area contributed by atoms with Gasteiger partial charge in [-0.05, 0) is 70.3 Å². The van der Waals surface area contributed by atoms with Crippen LogP contribution in [0.3, 0.4) is 0 Å². The summed E-state index contributed by atoms with van der Waals surface area (Å²) < 4.78 is 1.92. The first kappa shape index (κ1) is 29.0. The van der Waals surface area contributed by atoms with Gasteiger partial charge in [0.25, 0.3) is 0 Å². The number of nitrogens with two attached hydrogens (primary N) is 1. The second-order valence-electron chi connectivity index (χ2n) is 11.0. The first-order valence-corrected chi connectivity index (χ1v) is 13.8. The summed E-state index contributed by atoms with van der Waals surface area (Å²) in [5, 5.41) is 34.6. The van der Waals surface area contributed by atoms with Crippen molar-refractivity contribution in [2.45, 2.75) is 77.0 Å². The smallest absolute Gasteiger partial charge is 0.410 e. The molecule has 2 fully saturated rings. The van der Waals surface area contributed by atoms with Crippen LogP contribution in [0.15, 0.2) is 16.8 Å². The number of carboxylic acid groups (broad SMARTS) is 1. The molecular formula is C28H39N9O3. The van der Waals surface area contributed by atoms with Crippen molar-refractivity contribution in [1.82, 2.24) is 24.8 Å². The van der Waals surface area contributed by atoms with E-state index in [2.05, 4.69) is 33.1 Å². The van der Waals surface area contributed by atoms with E-state index in [1.54, 1.807) is 14.0 Å². The normalized spacial score (nSPS) is 22.3. The van der Waals surface area contributed by atoms with Crippen LogP contribution in [0.25, 0.3) is 11.2 Å². The Morgan fingerprint density at radius 3 is 2.58 bits per heavy atom. The second-order valence-corrected chi connectivity index (χ2v) is 11.0. The van der Waals surface area contributed by atoms with E-state index in [4.69, 9.17) is 22.6 Å². The number of carbonyl (C=O) groups is 1. The number of nitrogens with zero attached hydrogens (tertiary/aromatic N) is 5. The third-order valence-corrected chi connectivity index (χ3v) is 8.20. The summed E-state index contributed by atoms with van der Waals surface area (Å²) >= 11 is 0. The standard InChI is InChI=1S/C28H39N9O3/c1-5-17-9-11-18(12-10-17)15-37-21-23(32-16(2)19-7-6-8-19)34-25(22(30)33-27(38)39)35-24(21)36-26(37)28(3,40)20(29)13-14-31-4/h1,13-14,16-19,40H,6-12,15,29H2,2-4H3,(H2,30,33)(H,38,39)(H,32,34,35)/t16-,17?,18?,28?/m1/s1. The molecule has 12 heteroatoms. The summed E-state index contributed by atoms with van der Waals surface area (Å²) in [4.78, 5) is 29.0. The van der Waals surface area contributed by atoms with Crippen molar-refractivity contribution in [2.75, 3.05) is 12.4 Å². The number of amidine groups is 1. The monoisotopic (exact) mass is 549 g/mol. The number of allylic oxidation sites excluding steroid dienone is 1. The largest absolute Gasteiger partial charge is 0.465 e. The van der Waals surface area contributed by atoms with Crippen LogP contribution in [0.5, 0.6) is 0 Å². The second kappa shape index (κ2) is 12.0. The molecule has 2 heterocycles. The maximum absolute atomic E-state index is 11.7. The highest BCUT2D eigenvalue weighted by Crippen LogP contribution is 2.37. The van der Waals surface area contributed by atoms with Gasteiger partial charge in [0.2, 0.25) is 0 Å². The van der Waals surface area contributed by atoms with E-state index in [9.17, 15) is 15.0 Å². The zero-order chi connectivity index (χ0) is 29.0. The van der Waals surface area contributed by atoms with Crippen molar-refractivity contribution >= 4 is 35.1 Å². The lowest BCUT2D eigenvalue weighted by atomic mass is 9.80. The van der Waals surface area contributed by atoms with Gasteiger partial charge in [-0.2, -0.15) is 0 Å². The third-order valence-electron chi connectivity index (χ3n) is 8.20. The Labute approximate surface area is 234 Å². The topological polar surface area (TPSA) is 187 Å². The van der Waals surface area contributed by atoms with E-state index < -0.39 is 17.5 Å². The molecule has 2 aromatic rings. The molecule has 2 aromatic heterocycles. The Kier molecular flexibility index (Phi) is 8.73. The predicted molar refractivity (Wildman–Crippen MR) is 154 cm³/mol. The van der Waals surface area contributed by atoms with Gasteiger partial charge in [0, 0.05) is 37.5 Å². The molecule has 0 aliphatic heterocycles. The summed E-state index contributed by atoms with van der Waals surface area (Å²) in [5.74, 6) is 4.01. The van der Waals surface area contributed by atoms with Crippen LogP contribution in [0.1, 0.15) is 70.4 Å². The Balaban J connectivity index is 1.88. The number of anilines is 1. The molecule has 1 unspecified atom stereocenters. The lowest BCUT2D eigenvalue weighted by Gasteiger charge is -2.33. The van der Waals surface area contributed by atoms with Crippen LogP contribution in [-0.4, -0.2) is 61.0 Å². The van der Waals surface area contributed by atoms with Crippen LogP contribution in [0, 0.1) is 35.5 Å². The fourth-order valence-electron chi connectivity index (χ4n) is 5.45. The van der Waals surface area contributed by atoms with Gasteiger partial charge in [-0.1, -0.05) is 6.42 Å². The molecule has 12 nitrogen and oxygen atoms in total. The van der Waals surface area contributed by atoms with Crippen molar-refractivity contribution in [2.24, 2.45) is 28.5 Å². The highest BCUT2D eigenvalue weighted by atomic mass is 16.4. The van der Waals surface area contributed by atoms with Gasteiger partial charge in [-0.25, -0.2) is 19.7 Å². The number of aromatic nitrogens is 4. The average molecular weight is 550 g/mol. The van der Waals surface area contributed by atoms with Crippen molar-refractivity contribution in [3.05, 3.63) is 23.4 Å². The SMILES string of the molecule is C#CC1CCC(Cn2c(C(C)(O)C(N)=CC=NC)nc3nc(C(=N)NC(=O)O)nc(N[C@H](C)C4CCC4)c32)CC1. The number of nitrogens with one attached hydrogen (secondary N) is 3. The molecule has 0 spiro atoms. The van der Waals surface area contributed by atoms with Crippen LogP contribution in [0.4, 0.5) is 10.6 Å². The molecule has 214 valence electrons. The number of imidazole rings is 1. The van der Waals surface area contributed by atoms with Crippen molar-refractivity contribution in [3.8, 4) is 12.3 Å². The summed E-state index contributed by atoms with van der Waals surface area (Å²) in [6.45, 7) is 4.19. The quantitative estimate of drug-likeness (QED) is 0.156. The summed E-state index contributed by atoms with van der Waals surface area (Å²) in [6.07, 6.45) is 14.4. The number of fused-ring (bicyclic) bond motifs is 1. The lowest BCUT2D eigenvalue weighted by molar-refractivity contribution is 0.0807. The van der Waals surface area contributed by atoms with Crippen LogP contribution < -0.4 is 16.4 Å². The highest BCUT2D eigenvalue weighted by Gasteiger charge is 2.36. The molecule has 2 saturated carbocycles. The Hall–Kier alpha value is -3.98. The number of hydrogen-bond acceptors (Lipinski definition) is 9. The van der Waals surface area contributed by atoms with E-state index >= 15 is 0 Å². The molecule has 0 radical (unpaired) electrons. The Morgan fingerprint density at radius 1 is 1.30 bits per heavy atom. The molecule has 2 aliphatic rings. The van der Waals surface area contributed by atoms with Crippen LogP contribution >= 0.6 is 0 Å². The summed E-state index contributed by atoms with van der Waals surface area (Å²) in [7, 11) is 1.61. The van der Waals surface area contributed by atoms with Gasteiger partial charge in [-0.3, -0.25) is 15.7 Å². The van der Waals surface area contributed by atoms with Gasteiger partial charge in [0.15, 0.2) is 28.7 Å². The van der Waals surface area contributed by atoms with Crippen molar-refractivity contribution in [1.29, 1.82) is 5.41 Å². The lowest BCUT2D eigenvalue weighted by Crippen LogP contribution is -2.34. The number of terminal acetylenes is 1. The predicted octanol–water partition coefficient (Wildman–Crippen LogP) is 3.21. The maximum atomic E-state index is 11.7. The summed E-state index contributed by atoms with van der Waals surface area (Å²) in [6, 6.07) is 0.0745. The average Bonchev–Trinajstić information content (AvgIpc) is 3.25. The number of rotatable bonds is 9. The zero-order valence-electron chi connectivity index (χ0n) is 23.3. The maximum Gasteiger partial charge on any atom is 0.410 e. The van der Waals surface area contributed by atoms with Gasteiger partial charge in [0.05, 0.1) is 0 Å². The molecule has 0 aromatic carbocycles. The minimum atomic E-state index is -1.68. The van der Waals surface area contributed by atoms with Gasteiger partial charge >= 0.3 is 6.09 Å². The molecular weight excluding hydrogens is 510 g/mol. The number of hydrogen-bond donors (Lipinski definition) is 6. The fraction of sp³-hybridized carbons (Fsp3) is 0.571. The van der Waals surface area contributed by atoms with Crippen molar-refractivity contribution < 1.29 is 15.0 Å². The molecule has 4 rings (SSSR count). The van der Waals surface area contributed by atoms with Gasteiger partial charge in [-0.15, -0.1) is 12.3 Å². The van der Waals surface area contributed by atoms with E-state index in [0.717, 1.165) is 38.5 Å². The molecule has 2 atom stereocenters. The highest BCUT2D eigenvalue weighted by molar-refractivity contribution is 6.03. The fourth-order valence-corrected chi connectivity index (χ4v) is 5.45. The minimum absolute atomic E-state index is 0.0745. The third kappa shape index (κ3) is 6.09. The van der Waals surface area contributed by atoms with Gasteiger partial charge < -0.3 is 25.8 Å². The number of amides is 1. The van der Waals surface area contributed by atoms with Gasteiger partial charge in [0.1, 0.15) is 11.3 Å². The molecule has 0 bridgehead atoms. The zero-order valence-corrected chi connectivity index (χ0v) is 23.3. The van der Waals surface area contributed by atoms with E-state index in [1.165, 1.54) is 18.7 Å². The van der Waals surface area contributed by atoms with E-state index in [0.29, 0.717) is 23.8 Å². The minimum Gasteiger partial charge on any atom is -0.465 e.